The Morgan fingerprint density at radius 1 is 1.15 bits per heavy atom. The Balaban J connectivity index is 1.55. The third-order valence-electron chi connectivity index (χ3n) is 4.29. The number of fused-ring (bicyclic) bond motifs is 1. The molecule has 0 radical (unpaired) electrons. The zero-order valence-electron chi connectivity index (χ0n) is 14.6. The van der Waals surface area contributed by atoms with E-state index < -0.39 is 0 Å². The standard InChI is InChI=1S/C20H18N4OS/c1-13-11-15(14(2)24(13)18-9-5-6-10-21-18)20(25)22-12-19-23-16-7-3-4-8-17(16)26-19/h3-11H,12H2,1-2H3,(H,22,25). The molecule has 4 rings (SSSR count). The first-order valence-corrected chi connectivity index (χ1v) is 9.18. The van der Waals surface area contributed by atoms with E-state index in [0.717, 1.165) is 32.4 Å². The molecule has 0 aliphatic rings. The molecule has 1 aromatic carbocycles. The van der Waals surface area contributed by atoms with Crippen molar-refractivity contribution in [3.63, 3.8) is 0 Å². The first-order valence-electron chi connectivity index (χ1n) is 8.36. The Morgan fingerprint density at radius 2 is 1.96 bits per heavy atom. The smallest absolute Gasteiger partial charge is 0.253 e. The van der Waals surface area contributed by atoms with Gasteiger partial charge in [0.05, 0.1) is 22.3 Å². The van der Waals surface area contributed by atoms with E-state index in [1.54, 1.807) is 17.5 Å². The van der Waals surface area contributed by atoms with Crippen LogP contribution >= 0.6 is 11.3 Å². The quantitative estimate of drug-likeness (QED) is 0.596. The molecule has 6 heteroatoms. The molecule has 5 nitrogen and oxygen atoms in total. The van der Waals surface area contributed by atoms with Gasteiger partial charge in [0, 0.05) is 17.6 Å². The molecular weight excluding hydrogens is 344 g/mol. The second-order valence-corrected chi connectivity index (χ2v) is 7.18. The van der Waals surface area contributed by atoms with Gasteiger partial charge in [-0.1, -0.05) is 18.2 Å². The molecule has 3 aromatic heterocycles. The van der Waals surface area contributed by atoms with Gasteiger partial charge < -0.3 is 9.88 Å². The number of rotatable bonds is 4. The number of para-hydroxylation sites is 1. The van der Waals surface area contributed by atoms with Crippen LogP contribution < -0.4 is 5.32 Å². The van der Waals surface area contributed by atoms with E-state index in [4.69, 9.17) is 0 Å². The van der Waals surface area contributed by atoms with Crippen LogP contribution in [0.3, 0.4) is 0 Å². The zero-order chi connectivity index (χ0) is 18.1. The first-order chi connectivity index (χ1) is 12.6. The summed E-state index contributed by atoms with van der Waals surface area (Å²) < 4.78 is 3.12. The van der Waals surface area contributed by atoms with Gasteiger partial charge in [-0.2, -0.15) is 0 Å². The lowest BCUT2D eigenvalue weighted by Gasteiger charge is -2.08. The number of nitrogens with zero attached hydrogens (tertiary/aromatic N) is 3. The van der Waals surface area contributed by atoms with Gasteiger partial charge in [0.25, 0.3) is 5.91 Å². The van der Waals surface area contributed by atoms with E-state index in [2.05, 4.69) is 15.3 Å². The molecule has 1 amide bonds. The number of carbonyl (C=O) groups is 1. The molecule has 0 bridgehead atoms. The minimum Gasteiger partial charge on any atom is -0.345 e. The minimum absolute atomic E-state index is 0.0977. The average Bonchev–Trinajstić information content (AvgIpc) is 3.20. The molecule has 0 saturated heterocycles. The molecule has 0 atom stereocenters. The largest absolute Gasteiger partial charge is 0.345 e. The predicted molar refractivity (Wildman–Crippen MR) is 104 cm³/mol. The lowest BCUT2D eigenvalue weighted by Crippen LogP contribution is -2.23. The van der Waals surface area contributed by atoms with Gasteiger partial charge in [0.1, 0.15) is 10.8 Å². The van der Waals surface area contributed by atoms with E-state index in [0.29, 0.717) is 12.1 Å². The molecule has 0 aliphatic carbocycles. The summed E-state index contributed by atoms with van der Waals surface area (Å²) in [5.74, 6) is 0.715. The molecule has 0 saturated carbocycles. The zero-order valence-corrected chi connectivity index (χ0v) is 15.4. The van der Waals surface area contributed by atoms with Gasteiger partial charge in [-0.3, -0.25) is 4.79 Å². The van der Waals surface area contributed by atoms with E-state index in [1.165, 1.54) is 0 Å². The third kappa shape index (κ3) is 2.99. The highest BCUT2D eigenvalue weighted by Crippen LogP contribution is 2.22. The number of hydrogen-bond donors (Lipinski definition) is 1. The van der Waals surface area contributed by atoms with E-state index in [1.807, 2.05) is 66.9 Å². The molecule has 26 heavy (non-hydrogen) atoms. The number of nitrogens with one attached hydrogen (secondary N) is 1. The van der Waals surface area contributed by atoms with Crippen molar-refractivity contribution in [3.8, 4) is 5.82 Å². The van der Waals surface area contributed by atoms with Crippen LogP contribution in [-0.2, 0) is 6.54 Å². The predicted octanol–water partition coefficient (Wildman–Crippen LogP) is 4.03. The Morgan fingerprint density at radius 3 is 2.73 bits per heavy atom. The second kappa shape index (κ2) is 6.72. The lowest BCUT2D eigenvalue weighted by molar-refractivity contribution is 0.0950. The van der Waals surface area contributed by atoms with Crippen LogP contribution in [0.15, 0.2) is 54.7 Å². The summed E-state index contributed by atoms with van der Waals surface area (Å²) in [5.41, 5.74) is 3.48. The van der Waals surface area contributed by atoms with Crippen molar-refractivity contribution in [1.29, 1.82) is 0 Å². The number of aromatic nitrogens is 3. The van der Waals surface area contributed by atoms with Crippen LogP contribution in [0.25, 0.3) is 16.0 Å². The van der Waals surface area contributed by atoms with Gasteiger partial charge >= 0.3 is 0 Å². The van der Waals surface area contributed by atoms with Crippen molar-refractivity contribution in [2.45, 2.75) is 20.4 Å². The molecule has 0 unspecified atom stereocenters. The van der Waals surface area contributed by atoms with Crippen molar-refractivity contribution >= 4 is 27.5 Å². The maximum atomic E-state index is 12.7. The maximum absolute atomic E-state index is 12.7. The number of thiazole rings is 1. The minimum atomic E-state index is -0.0977. The van der Waals surface area contributed by atoms with Crippen molar-refractivity contribution in [2.75, 3.05) is 0 Å². The topological polar surface area (TPSA) is 59.8 Å². The van der Waals surface area contributed by atoms with Gasteiger partial charge in [-0.05, 0) is 44.2 Å². The fourth-order valence-electron chi connectivity index (χ4n) is 3.08. The summed E-state index contributed by atoms with van der Waals surface area (Å²) in [6, 6.07) is 15.6. The molecule has 1 N–H and O–H groups in total. The molecular formula is C20H18N4OS. The van der Waals surface area contributed by atoms with Crippen molar-refractivity contribution in [2.24, 2.45) is 0 Å². The number of hydrogen-bond acceptors (Lipinski definition) is 4. The van der Waals surface area contributed by atoms with Crippen LogP contribution in [0.2, 0.25) is 0 Å². The summed E-state index contributed by atoms with van der Waals surface area (Å²) in [4.78, 5) is 21.6. The average molecular weight is 362 g/mol. The number of benzene rings is 1. The Hall–Kier alpha value is -2.99. The van der Waals surface area contributed by atoms with Gasteiger partial charge in [0.15, 0.2) is 0 Å². The second-order valence-electron chi connectivity index (χ2n) is 6.07. The molecule has 3 heterocycles. The summed E-state index contributed by atoms with van der Waals surface area (Å²) in [7, 11) is 0. The maximum Gasteiger partial charge on any atom is 0.253 e. The van der Waals surface area contributed by atoms with Gasteiger partial charge in [-0.15, -0.1) is 11.3 Å². The normalized spacial score (nSPS) is 11.0. The third-order valence-corrected chi connectivity index (χ3v) is 5.33. The molecule has 130 valence electrons. The van der Waals surface area contributed by atoms with Crippen LogP contribution in [0.4, 0.5) is 0 Å². The molecule has 0 fully saturated rings. The van der Waals surface area contributed by atoms with E-state index >= 15 is 0 Å². The monoisotopic (exact) mass is 362 g/mol. The summed E-state index contributed by atoms with van der Waals surface area (Å²) >= 11 is 1.60. The van der Waals surface area contributed by atoms with Crippen LogP contribution in [-0.4, -0.2) is 20.4 Å². The Labute approximate surface area is 155 Å². The fraction of sp³-hybridized carbons (Fsp3) is 0.150. The van der Waals surface area contributed by atoms with Gasteiger partial charge in [-0.25, -0.2) is 9.97 Å². The number of amides is 1. The van der Waals surface area contributed by atoms with Crippen molar-refractivity contribution in [1.82, 2.24) is 19.9 Å². The Bertz CT molecular complexity index is 1050. The van der Waals surface area contributed by atoms with Crippen LogP contribution in [0, 0.1) is 13.8 Å². The van der Waals surface area contributed by atoms with E-state index in [-0.39, 0.29) is 5.91 Å². The molecule has 0 spiro atoms. The Kier molecular flexibility index (Phi) is 4.26. The van der Waals surface area contributed by atoms with Crippen LogP contribution in [0.5, 0.6) is 0 Å². The van der Waals surface area contributed by atoms with E-state index in [9.17, 15) is 4.79 Å². The summed E-state index contributed by atoms with van der Waals surface area (Å²) in [5, 5.41) is 3.89. The first kappa shape index (κ1) is 16.5. The summed E-state index contributed by atoms with van der Waals surface area (Å²) in [6.07, 6.45) is 1.75. The van der Waals surface area contributed by atoms with Gasteiger partial charge in [0.2, 0.25) is 0 Å². The number of pyridine rings is 1. The van der Waals surface area contributed by atoms with Crippen LogP contribution in [0.1, 0.15) is 26.8 Å². The van der Waals surface area contributed by atoms with Crippen molar-refractivity contribution < 1.29 is 4.79 Å². The fourth-order valence-corrected chi connectivity index (χ4v) is 3.98. The highest BCUT2D eigenvalue weighted by atomic mass is 32.1. The summed E-state index contributed by atoms with van der Waals surface area (Å²) in [6.45, 7) is 4.34. The van der Waals surface area contributed by atoms with Crippen molar-refractivity contribution in [3.05, 3.63) is 76.7 Å². The number of aryl methyl sites for hydroxylation is 1. The SMILES string of the molecule is Cc1cc(C(=O)NCc2nc3ccccc3s2)c(C)n1-c1ccccn1. The molecule has 4 aromatic rings. The highest BCUT2D eigenvalue weighted by molar-refractivity contribution is 7.18. The highest BCUT2D eigenvalue weighted by Gasteiger charge is 2.17. The number of carbonyl (C=O) groups excluding carboxylic acids is 1. The molecule has 0 aliphatic heterocycles. The lowest BCUT2D eigenvalue weighted by atomic mass is 10.2.